The van der Waals surface area contributed by atoms with Gasteiger partial charge in [0, 0.05) is 0 Å². The van der Waals surface area contributed by atoms with E-state index in [4.69, 9.17) is 4.74 Å². The molecule has 0 spiro atoms. The Labute approximate surface area is 124 Å². The van der Waals surface area contributed by atoms with Crippen LogP contribution in [0.3, 0.4) is 0 Å². The van der Waals surface area contributed by atoms with Crippen molar-refractivity contribution in [2.24, 2.45) is 0 Å². The molecule has 0 amide bonds. The molecule has 3 nitrogen and oxygen atoms in total. The van der Waals surface area contributed by atoms with E-state index in [9.17, 15) is 9.90 Å². The van der Waals surface area contributed by atoms with Gasteiger partial charge in [0.25, 0.3) is 0 Å². The third kappa shape index (κ3) is 2.29. The van der Waals surface area contributed by atoms with Crippen LogP contribution in [0.2, 0.25) is 0 Å². The molecule has 108 valence electrons. The van der Waals surface area contributed by atoms with Crippen molar-refractivity contribution in [3.8, 4) is 5.75 Å². The predicted molar refractivity (Wildman–Crippen MR) is 80.7 cm³/mol. The maximum absolute atomic E-state index is 11.8. The van der Waals surface area contributed by atoms with Crippen LogP contribution in [0.4, 0.5) is 0 Å². The summed E-state index contributed by atoms with van der Waals surface area (Å²) in [6, 6.07) is 17.5. The van der Waals surface area contributed by atoms with Crippen LogP contribution in [0.5, 0.6) is 5.75 Å². The summed E-state index contributed by atoms with van der Waals surface area (Å²) in [5.74, 6) is 0.336. The first-order valence-corrected chi connectivity index (χ1v) is 7.08. The zero-order chi connectivity index (χ0) is 14.9. The second-order valence-corrected chi connectivity index (χ2v) is 5.63. The summed E-state index contributed by atoms with van der Waals surface area (Å²) in [6.07, 6.45) is 1.30. The van der Waals surface area contributed by atoms with Crippen molar-refractivity contribution in [2.75, 3.05) is 7.11 Å². The fraction of sp³-hybridized carbons (Fsp3) is 0.278. The number of ether oxygens (including phenoxy) is 1. The molecular weight excluding hydrogens is 264 g/mol. The zero-order valence-corrected chi connectivity index (χ0v) is 12.0. The van der Waals surface area contributed by atoms with Gasteiger partial charge in [-0.3, -0.25) is 4.79 Å². The maximum atomic E-state index is 11.8. The largest absolute Gasteiger partial charge is 0.497 e. The first-order chi connectivity index (χ1) is 10.2. The molecule has 1 aliphatic carbocycles. The van der Waals surface area contributed by atoms with Crippen LogP contribution in [0.1, 0.15) is 29.9 Å². The second-order valence-electron chi connectivity index (χ2n) is 5.63. The lowest BCUT2D eigenvalue weighted by Gasteiger charge is -2.45. The number of aliphatic carboxylic acids is 1. The summed E-state index contributed by atoms with van der Waals surface area (Å²) < 4.78 is 5.14. The molecule has 1 fully saturated rings. The zero-order valence-electron chi connectivity index (χ0n) is 12.0. The smallest absolute Gasteiger partial charge is 0.314 e. The number of carbonyl (C=O) groups is 1. The minimum atomic E-state index is -0.757. The number of carboxylic acids is 1. The highest BCUT2D eigenvalue weighted by atomic mass is 16.5. The van der Waals surface area contributed by atoms with Gasteiger partial charge in [-0.25, -0.2) is 0 Å². The van der Waals surface area contributed by atoms with Gasteiger partial charge in [0.2, 0.25) is 0 Å². The Bertz CT molecular complexity index is 625. The fourth-order valence-corrected chi connectivity index (χ4v) is 3.19. The van der Waals surface area contributed by atoms with E-state index in [0.717, 1.165) is 11.3 Å². The first kappa shape index (κ1) is 13.7. The second kappa shape index (κ2) is 5.24. The van der Waals surface area contributed by atoms with Crippen molar-refractivity contribution in [3.63, 3.8) is 0 Å². The van der Waals surface area contributed by atoms with E-state index >= 15 is 0 Å². The molecule has 1 saturated carbocycles. The van der Waals surface area contributed by atoms with E-state index in [2.05, 4.69) is 12.1 Å². The van der Waals surface area contributed by atoms with E-state index in [1.54, 1.807) is 7.11 Å². The van der Waals surface area contributed by atoms with Crippen molar-refractivity contribution in [3.05, 3.63) is 65.7 Å². The van der Waals surface area contributed by atoms with Gasteiger partial charge < -0.3 is 9.84 Å². The Morgan fingerprint density at radius 2 is 1.71 bits per heavy atom. The molecule has 1 aliphatic rings. The van der Waals surface area contributed by atoms with Crippen molar-refractivity contribution in [1.82, 2.24) is 0 Å². The van der Waals surface area contributed by atoms with Crippen LogP contribution in [0.15, 0.2) is 54.6 Å². The predicted octanol–water partition coefficient (Wildman–Crippen LogP) is 3.60. The standard InChI is InChI=1S/C18H18O3/c1-21-16-9-7-15(8-10-16)18(17(19)20)11-14(12-18)13-5-3-2-4-6-13/h2-10,14H,11-12H2,1H3,(H,19,20). The van der Waals surface area contributed by atoms with Gasteiger partial charge in [-0.05, 0) is 42.0 Å². The van der Waals surface area contributed by atoms with Gasteiger partial charge >= 0.3 is 5.97 Å². The van der Waals surface area contributed by atoms with Gasteiger partial charge in [0.15, 0.2) is 0 Å². The van der Waals surface area contributed by atoms with E-state index in [-0.39, 0.29) is 0 Å². The van der Waals surface area contributed by atoms with E-state index in [1.165, 1.54) is 5.56 Å². The molecule has 2 aromatic rings. The number of rotatable bonds is 4. The summed E-state index contributed by atoms with van der Waals surface area (Å²) >= 11 is 0. The minimum Gasteiger partial charge on any atom is -0.497 e. The lowest BCUT2D eigenvalue weighted by Crippen LogP contribution is -2.46. The van der Waals surface area contributed by atoms with E-state index < -0.39 is 11.4 Å². The van der Waals surface area contributed by atoms with Crippen LogP contribution in [0, 0.1) is 0 Å². The summed E-state index contributed by atoms with van der Waals surface area (Å²) in [7, 11) is 1.61. The Kier molecular flexibility index (Phi) is 3.42. The molecule has 0 atom stereocenters. The van der Waals surface area contributed by atoms with Gasteiger partial charge in [-0.1, -0.05) is 42.5 Å². The number of methoxy groups -OCH3 is 1. The quantitative estimate of drug-likeness (QED) is 0.932. The van der Waals surface area contributed by atoms with Crippen LogP contribution in [0.25, 0.3) is 0 Å². The average Bonchev–Trinajstić information content (AvgIpc) is 2.47. The molecule has 0 bridgehead atoms. The van der Waals surface area contributed by atoms with E-state index in [1.807, 2.05) is 42.5 Å². The minimum absolute atomic E-state index is 0.324. The van der Waals surface area contributed by atoms with Gasteiger partial charge in [0.05, 0.1) is 12.5 Å². The SMILES string of the molecule is COc1ccc(C2(C(=O)O)CC(c3ccccc3)C2)cc1. The summed E-state index contributed by atoms with van der Waals surface area (Å²) in [5, 5.41) is 9.70. The van der Waals surface area contributed by atoms with Gasteiger partial charge in [0.1, 0.15) is 5.75 Å². The van der Waals surface area contributed by atoms with Crippen LogP contribution in [-0.2, 0) is 10.2 Å². The number of hydrogen-bond donors (Lipinski definition) is 1. The molecule has 0 unspecified atom stereocenters. The summed E-state index contributed by atoms with van der Waals surface area (Å²) in [6.45, 7) is 0. The Hall–Kier alpha value is -2.29. The molecule has 0 saturated heterocycles. The third-order valence-corrected chi connectivity index (χ3v) is 4.51. The Balaban J connectivity index is 1.85. The third-order valence-electron chi connectivity index (χ3n) is 4.51. The number of benzene rings is 2. The monoisotopic (exact) mass is 282 g/mol. The van der Waals surface area contributed by atoms with Crippen molar-refractivity contribution in [2.45, 2.75) is 24.2 Å². The topological polar surface area (TPSA) is 46.5 Å². The molecule has 0 aromatic heterocycles. The van der Waals surface area contributed by atoms with Crippen LogP contribution >= 0.6 is 0 Å². The van der Waals surface area contributed by atoms with E-state index in [0.29, 0.717) is 18.8 Å². The lowest BCUT2D eigenvalue weighted by molar-refractivity contribution is -0.148. The maximum Gasteiger partial charge on any atom is 0.314 e. The first-order valence-electron chi connectivity index (χ1n) is 7.08. The summed E-state index contributed by atoms with van der Waals surface area (Å²) in [5.41, 5.74) is 1.33. The molecule has 0 radical (unpaired) electrons. The number of hydrogen-bond acceptors (Lipinski definition) is 2. The highest BCUT2D eigenvalue weighted by Gasteiger charge is 2.51. The number of carboxylic acid groups (broad SMARTS) is 1. The normalized spacial score (nSPS) is 24.1. The molecule has 21 heavy (non-hydrogen) atoms. The van der Waals surface area contributed by atoms with Crippen LogP contribution in [-0.4, -0.2) is 18.2 Å². The highest BCUT2D eigenvalue weighted by molar-refractivity contribution is 5.83. The average molecular weight is 282 g/mol. The summed E-state index contributed by atoms with van der Waals surface area (Å²) in [4.78, 5) is 11.8. The molecule has 2 aromatic carbocycles. The molecular formula is C18H18O3. The molecule has 0 heterocycles. The van der Waals surface area contributed by atoms with Gasteiger partial charge in [-0.2, -0.15) is 0 Å². The molecule has 0 aliphatic heterocycles. The Morgan fingerprint density at radius 3 is 2.24 bits per heavy atom. The highest BCUT2D eigenvalue weighted by Crippen LogP contribution is 2.52. The van der Waals surface area contributed by atoms with Crippen molar-refractivity contribution >= 4 is 5.97 Å². The van der Waals surface area contributed by atoms with Gasteiger partial charge in [-0.15, -0.1) is 0 Å². The van der Waals surface area contributed by atoms with Crippen molar-refractivity contribution in [1.29, 1.82) is 0 Å². The molecule has 3 rings (SSSR count). The van der Waals surface area contributed by atoms with Crippen molar-refractivity contribution < 1.29 is 14.6 Å². The Morgan fingerprint density at radius 1 is 1.10 bits per heavy atom. The lowest BCUT2D eigenvalue weighted by atomic mass is 9.57. The van der Waals surface area contributed by atoms with Crippen LogP contribution < -0.4 is 4.74 Å². The molecule has 1 N–H and O–H groups in total. The fourth-order valence-electron chi connectivity index (χ4n) is 3.19. The molecule has 3 heteroatoms.